The van der Waals surface area contributed by atoms with Gasteiger partial charge < -0.3 is 25.1 Å². The number of aliphatic hydroxyl groups is 1. The lowest BCUT2D eigenvalue weighted by Crippen LogP contribution is -2.45. The zero-order valence-electron chi connectivity index (χ0n) is 24.8. The van der Waals surface area contributed by atoms with E-state index in [9.17, 15) is 19.1 Å². The summed E-state index contributed by atoms with van der Waals surface area (Å²) in [6.07, 6.45) is 3.29. The van der Waals surface area contributed by atoms with E-state index in [-0.39, 0.29) is 36.2 Å². The summed E-state index contributed by atoms with van der Waals surface area (Å²) in [5.74, 6) is 0.568. The fourth-order valence-corrected chi connectivity index (χ4v) is 7.31. The maximum Gasteiger partial charge on any atom is 0.255 e. The standard InChI is InChI=1S/C35H38FN3O4/c1-4-39(5-2)29-18-30-27(31(35(42)37-3)33(43-30)20-11-13-25(36)14-12-20)17-26(29)21-7-6-8-24(16-21)34(41)38-32-23-10-9-22(15-23)28(32)19-40/h6-8,11-14,16-18,22-23,28,32,40H,4-5,9-10,15,19H2,1-3H3,(H,37,42)(H,38,41)/t22?,23?,28-,32+/m0/s1. The number of carbonyl (C=O) groups excluding carboxylic acids is 2. The Balaban J connectivity index is 1.45. The molecule has 3 aromatic carbocycles. The zero-order valence-corrected chi connectivity index (χ0v) is 24.8. The van der Waals surface area contributed by atoms with E-state index in [0.29, 0.717) is 45.3 Å². The molecule has 2 aliphatic rings. The van der Waals surface area contributed by atoms with Crippen molar-refractivity contribution in [3.05, 3.63) is 77.6 Å². The van der Waals surface area contributed by atoms with Gasteiger partial charge in [0, 0.05) is 72.5 Å². The van der Waals surface area contributed by atoms with E-state index in [0.717, 1.165) is 49.2 Å². The Labute approximate surface area is 251 Å². The van der Waals surface area contributed by atoms with Crippen molar-refractivity contribution in [2.45, 2.75) is 39.2 Å². The number of furan rings is 1. The highest BCUT2D eigenvalue weighted by atomic mass is 19.1. The summed E-state index contributed by atoms with van der Waals surface area (Å²) in [6, 6.07) is 17.4. The van der Waals surface area contributed by atoms with E-state index in [1.54, 1.807) is 19.2 Å². The van der Waals surface area contributed by atoms with E-state index in [2.05, 4.69) is 29.4 Å². The van der Waals surface area contributed by atoms with E-state index < -0.39 is 0 Å². The zero-order chi connectivity index (χ0) is 30.2. The number of hydrogen-bond donors (Lipinski definition) is 3. The summed E-state index contributed by atoms with van der Waals surface area (Å²) in [5, 5.41) is 16.6. The van der Waals surface area contributed by atoms with Crippen molar-refractivity contribution in [3.8, 4) is 22.5 Å². The first-order valence-corrected chi connectivity index (χ1v) is 15.2. The number of carbonyl (C=O) groups is 2. The van der Waals surface area contributed by atoms with Gasteiger partial charge in [-0.3, -0.25) is 9.59 Å². The Morgan fingerprint density at radius 2 is 1.72 bits per heavy atom. The van der Waals surface area contributed by atoms with Gasteiger partial charge in [-0.1, -0.05) is 12.1 Å². The molecule has 3 N–H and O–H groups in total. The van der Waals surface area contributed by atoms with Crippen molar-refractivity contribution in [2.24, 2.45) is 17.8 Å². The van der Waals surface area contributed by atoms with Crippen molar-refractivity contribution in [1.82, 2.24) is 10.6 Å². The van der Waals surface area contributed by atoms with Crippen LogP contribution in [0.3, 0.4) is 0 Å². The van der Waals surface area contributed by atoms with Crippen LogP contribution in [-0.2, 0) is 0 Å². The molecule has 0 saturated heterocycles. The van der Waals surface area contributed by atoms with Gasteiger partial charge in [0.15, 0.2) is 0 Å². The number of rotatable bonds is 9. The summed E-state index contributed by atoms with van der Waals surface area (Å²) < 4.78 is 20.0. The minimum atomic E-state index is -0.372. The molecule has 2 unspecified atom stereocenters. The number of fused-ring (bicyclic) bond motifs is 3. The Morgan fingerprint density at radius 3 is 2.42 bits per heavy atom. The fourth-order valence-electron chi connectivity index (χ4n) is 7.31. The normalized spacial score (nSPS) is 20.9. The molecular formula is C35H38FN3O4. The molecular weight excluding hydrogens is 545 g/mol. The predicted molar refractivity (Wildman–Crippen MR) is 167 cm³/mol. The van der Waals surface area contributed by atoms with Gasteiger partial charge in [0.05, 0.1) is 5.56 Å². The molecule has 4 aromatic rings. The summed E-state index contributed by atoms with van der Waals surface area (Å²) in [7, 11) is 1.57. The highest BCUT2D eigenvalue weighted by Crippen LogP contribution is 2.48. The maximum absolute atomic E-state index is 13.7. The molecule has 2 fully saturated rings. The van der Waals surface area contributed by atoms with Crippen LogP contribution in [0, 0.1) is 23.6 Å². The van der Waals surface area contributed by atoms with Crippen LogP contribution in [0.4, 0.5) is 10.1 Å². The lowest BCUT2D eigenvalue weighted by molar-refractivity contribution is 0.0861. The smallest absolute Gasteiger partial charge is 0.255 e. The molecule has 4 atom stereocenters. The quantitative estimate of drug-likeness (QED) is 0.217. The second kappa shape index (κ2) is 11.8. The lowest BCUT2D eigenvalue weighted by Gasteiger charge is -2.30. The van der Waals surface area contributed by atoms with Crippen molar-refractivity contribution in [2.75, 3.05) is 31.6 Å². The monoisotopic (exact) mass is 583 g/mol. The molecule has 0 radical (unpaired) electrons. The first-order chi connectivity index (χ1) is 20.9. The summed E-state index contributed by atoms with van der Waals surface area (Å²) in [5.41, 5.74) is 4.70. The molecule has 6 rings (SSSR count). The number of halogens is 1. The topological polar surface area (TPSA) is 94.8 Å². The number of benzene rings is 3. The molecule has 2 saturated carbocycles. The Morgan fingerprint density at radius 1 is 0.977 bits per heavy atom. The van der Waals surface area contributed by atoms with Gasteiger partial charge in [-0.15, -0.1) is 0 Å². The maximum atomic E-state index is 13.7. The Kier molecular flexibility index (Phi) is 7.97. The van der Waals surface area contributed by atoms with Crippen LogP contribution in [0.15, 0.2) is 65.1 Å². The lowest BCUT2D eigenvalue weighted by atomic mass is 9.85. The van der Waals surface area contributed by atoms with Gasteiger partial charge in [0.25, 0.3) is 11.8 Å². The predicted octanol–water partition coefficient (Wildman–Crippen LogP) is 6.25. The number of anilines is 1. The third-order valence-corrected chi connectivity index (χ3v) is 9.50. The fraction of sp³-hybridized carbons (Fsp3) is 0.371. The van der Waals surface area contributed by atoms with Crippen molar-refractivity contribution < 1.29 is 23.5 Å². The molecule has 1 aromatic heterocycles. The molecule has 8 heteroatoms. The van der Waals surface area contributed by atoms with Gasteiger partial charge in [-0.25, -0.2) is 4.39 Å². The highest BCUT2D eigenvalue weighted by Gasteiger charge is 2.47. The van der Waals surface area contributed by atoms with Gasteiger partial charge in [0.1, 0.15) is 17.2 Å². The van der Waals surface area contributed by atoms with Crippen LogP contribution in [0.1, 0.15) is 53.8 Å². The number of aliphatic hydroxyl groups excluding tert-OH is 1. The van der Waals surface area contributed by atoms with Crippen LogP contribution >= 0.6 is 0 Å². The largest absolute Gasteiger partial charge is 0.455 e. The first-order valence-electron chi connectivity index (χ1n) is 15.2. The second-order valence-electron chi connectivity index (χ2n) is 11.7. The van der Waals surface area contributed by atoms with Crippen LogP contribution in [-0.4, -0.2) is 49.7 Å². The van der Waals surface area contributed by atoms with E-state index in [4.69, 9.17) is 4.42 Å². The van der Waals surface area contributed by atoms with Gasteiger partial charge >= 0.3 is 0 Å². The molecule has 43 heavy (non-hydrogen) atoms. The minimum Gasteiger partial charge on any atom is -0.455 e. The van der Waals surface area contributed by atoms with Crippen LogP contribution in [0.5, 0.6) is 0 Å². The summed E-state index contributed by atoms with van der Waals surface area (Å²) in [4.78, 5) is 29.0. The first kappa shape index (κ1) is 28.9. The number of amides is 2. The molecule has 0 aliphatic heterocycles. The molecule has 2 amide bonds. The molecule has 7 nitrogen and oxygen atoms in total. The molecule has 0 spiro atoms. The number of nitrogens with zero attached hydrogens (tertiary/aromatic N) is 1. The second-order valence-corrected chi connectivity index (χ2v) is 11.7. The van der Waals surface area contributed by atoms with Gasteiger partial charge in [-0.2, -0.15) is 0 Å². The molecule has 1 heterocycles. The van der Waals surface area contributed by atoms with E-state index in [1.165, 1.54) is 12.1 Å². The van der Waals surface area contributed by atoms with Crippen LogP contribution in [0.25, 0.3) is 33.4 Å². The Hall–Kier alpha value is -4.17. The summed E-state index contributed by atoms with van der Waals surface area (Å²) in [6.45, 7) is 5.75. The third kappa shape index (κ3) is 5.18. The Bertz CT molecular complexity index is 1660. The van der Waals surface area contributed by atoms with Gasteiger partial charge in [0.2, 0.25) is 0 Å². The average molecular weight is 584 g/mol. The number of nitrogens with one attached hydrogen (secondary N) is 2. The average Bonchev–Trinajstić information content (AvgIpc) is 3.74. The number of hydrogen-bond acceptors (Lipinski definition) is 5. The van der Waals surface area contributed by atoms with Crippen molar-refractivity contribution in [1.29, 1.82) is 0 Å². The molecule has 2 bridgehead atoms. The molecule has 2 aliphatic carbocycles. The third-order valence-electron chi connectivity index (χ3n) is 9.50. The highest BCUT2D eigenvalue weighted by molar-refractivity contribution is 6.13. The summed E-state index contributed by atoms with van der Waals surface area (Å²) >= 11 is 0. The molecule has 224 valence electrons. The van der Waals surface area contributed by atoms with Crippen LogP contribution in [0.2, 0.25) is 0 Å². The van der Waals surface area contributed by atoms with E-state index in [1.807, 2.05) is 36.4 Å². The van der Waals surface area contributed by atoms with Gasteiger partial charge in [-0.05, 0) is 93.0 Å². The van der Waals surface area contributed by atoms with Crippen molar-refractivity contribution in [3.63, 3.8) is 0 Å². The SMILES string of the molecule is CCN(CC)c1cc2oc(-c3ccc(F)cc3)c(C(=O)NC)c2cc1-c1cccc(C(=O)N[C@@H]2C3CCC(C3)[C@@H]2CO)c1. The minimum absolute atomic E-state index is 0.00609. The van der Waals surface area contributed by atoms with E-state index >= 15 is 0 Å². The van der Waals surface area contributed by atoms with Crippen molar-refractivity contribution >= 4 is 28.5 Å². The van der Waals surface area contributed by atoms with Crippen LogP contribution < -0.4 is 15.5 Å².